The van der Waals surface area contributed by atoms with Gasteiger partial charge >= 0.3 is 0 Å². The molecular formula is C14H22N6S. The second kappa shape index (κ2) is 7.78. The van der Waals surface area contributed by atoms with E-state index in [0.717, 1.165) is 31.0 Å². The molecule has 0 amide bonds. The van der Waals surface area contributed by atoms with Crippen LogP contribution in [-0.4, -0.2) is 34.3 Å². The zero-order chi connectivity index (χ0) is 15.1. The Labute approximate surface area is 129 Å². The number of rotatable bonds is 6. The lowest BCUT2D eigenvalue weighted by atomic mass is 10.4. The third-order valence-electron chi connectivity index (χ3n) is 3.16. The van der Waals surface area contributed by atoms with Gasteiger partial charge in [-0.15, -0.1) is 11.3 Å². The highest BCUT2D eigenvalue weighted by atomic mass is 32.1. The van der Waals surface area contributed by atoms with Crippen LogP contribution in [0.15, 0.2) is 23.5 Å². The molecule has 0 aliphatic heterocycles. The fourth-order valence-electron chi connectivity index (χ4n) is 1.88. The third-order valence-corrected chi connectivity index (χ3v) is 4.37. The van der Waals surface area contributed by atoms with Gasteiger partial charge in [-0.1, -0.05) is 6.92 Å². The Hall–Kier alpha value is -1.89. The van der Waals surface area contributed by atoms with Crippen molar-refractivity contribution >= 4 is 17.3 Å². The topological polar surface area (TPSA) is 67.1 Å². The van der Waals surface area contributed by atoms with E-state index >= 15 is 0 Å². The zero-order valence-electron chi connectivity index (χ0n) is 12.8. The molecule has 0 unspecified atom stereocenters. The molecule has 6 nitrogen and oxygen atoms in total. The predicted octanol–water partition coefficient (Wildman–Crippen LogP) is 1.35. The Morgan fingerprint density at radius 2 is 2.29 bits per heavy atom. The number of guanidine groups is 1. The Balaban J connectivity index is 1.74. The maximum atomic E-state index is 4.41. The second-order valence-corrected chi connectivity index (χ2v) is 5.82. The summed E-state index contributed by atoms with van der Waals surface area (Å²) >= 11 is 1.78. The van der Waals surface area contributed by atoms with Crippen molar-refractivity contribution in [1.82, 2.24) is 25.4 Å². The number of aromatic nitrogens is 3. The molecule has 114 valence electrons. The number of hydrogen-bond acceptors (Lipinski definition) is 4. The van der Waals surface area contributed by atoms with Gasteiger partial charge in [0.25, 0.3) is 0 Å². The molecule has 0 aromatic carbocycles. The fourth-order valence-corrected chi connectivity index (χ4v) is 2.75. The number of aliphatic imine (C=N–C) groups is 1. The van der Waals surface area contributed by atoms with Crippen LogP contribution in [-0.2, 0) is 26.4 Å². The third kappa shape index (κ3) is 4.56. The van der Waals surface area contributed by atoms with Crippen LogP contribution >= 0.6 is 11.3 Å². The van der Waals surface area contributed by atoms with E-state index in [0.29, 0.717) is 6.54 Å². The van der Waals surface area contributed by atoms with E-state index in [1.165, 1.54) is 9.88 Å². The highest BCUT2D eigenvalue weighted by Crippen LogP contribution is 2.13. The normalized spacial score (nSPS) is 11.7. The maximum absolute atomic E-state index is 4.41. The van der Waals surface area contributed by atoms with Crippen molar-refractivity contribution in [1.29, 1.82) is 0 Å². The van der Waals surface area contributed by atoms with Crippen molar-refractivity contribution in [3.8, 4) is 0 Å². The van der Waals surface area contributed by atoms with Crippen molar-refractivity contribution < 1.29 is 0 Å². The van der Waals surface area contributed by atoms with Crippen LogP contribution in [0.2, 0.25) is 0 Å². The molecule has 21 heavy (non-hydrogen) atoms. The first-order chi connectivity index (χ1) is 10.2. The average Bonchev–Trinajstić information content (AvgIpc) is 3.11. The first-order valence-electron chi connectivity index (χ1n) is 7.08. The van der Waals surface area contributed by atoms with E-state index in [2.05, 4.69) is 32.6 Å². The van der Waals surface area contributed by atoms with Crippen LogP contribution in [0, 0.1) is 0 Å². The Kier molecular flexibility index (Phi) is 5.74. The smallest absolute Gasteiger partial charge is 0.191 e. The van der Waals surface area contributed by atoms with Gasteiger partial charge in [0.15, 0.2) is 5.96 Å². The lowest BCUT2D eigenvalue weighted by molar-refractivity contribution is 0.684. The second-order valence-electron chi connectivity index (χ2n) is 4.62. The average molecular weight is 306 g/mol. The van der Waals surface area contributed by atoms with Crippen molar-refractivity contribution in [2.45, 2.75) is 26.3 Å². The Bertz CT molecular complexity index is 586. The van der Waals surface area contributed by atoms with Gasteiger partial charge in [-0.25, -0.2) is 4.98 Å². The number of hydrogen-bond donors (Lipinski definition) is 2. The van der Waals surface area contributed by atoms with Crippen LogP contribution < -0.4 is 10.6 Å². The summed E-state index contributed by atoms with van der Waals surface area (Å²) in [7, 11) is 3.71. The lowest BCUT2D eigenvalue weighted by Crippen LogP contribution is -2.38. The first kappa shape index (κ1) is 15.5. The van der Waals surface area contributed by atoms with Crippen molar-refractivity contribution in [2.24, 2.45) is 12.0 Å². The van der Waals surface area contributed by atoms with Crippen LogP contribution in [0.5, 0.6) is 0 Å². The van der Waals surface area contributed by atoms with E-state index in [-0.39, 0.29) is 0 Å². The molecule has 0 fully saturated rings. The number of nitrogens with one attached hydrogen (secondary N) is 2. The summed E-state index contributed by atoms with van der Waals surface area (Å²) < 4.78 is 1.85. The fraction of sp³-hybridized carbons (Fsp3) is 0.500. The van der Waals surface area contributed by atoms with Crippen molar-refractivity contribution in [3.05, 3.63) is 34.0 Å². The summed E-state index contributed by atoms with van der Waals surface area (Å²) in [5.41, 5.74) is 1.12. The molecule has 7 heteroatoms. The summed E-state index contributed by atoms with van der Waals surface area (Å²) in [6.07, 6.45) is 5.73. The van der Waals surface area contributed by atoms with Crippen LogP contribution in [0.1, 0.15) is 22.5 Å². The zero-order valence-corrected chi connectivity index (χ0v) is 13.6. The van der Waals surface area contributed by atoms with Crippen molar-refractivity contribution in [3.63, 3.8) is 0 Å². The number of thiazole rings is 1. The van der Waals surface area contributed by atoms with E-state index in [1.807, 2.05) is 24.0 Å². The highest BCUT2D eigenvalue weighted by Gasteiger charge is 2.03. The Morgan fingerprint density at radius 3 is 2.90 bits per heavy atom. The molecule has 2 heterocycles. The summed E-state index contributed by atoms with van der Waals surface area (Å²) in [5.74, 6) is 0.795. The monoisotopic (exact) mass is 306 g/mol. The SMILES string of the molecule is CCc1cnc(CCNC(=NC)NCc2ccnn2C)s1. The van der Waals surface area contributed by atoms with Crippen LogP contribution in [0.25, 0.3) is 0 Å². The molecule has 0 radical (unpaired) electrons. The summed E-state index contributed by atoms with van der Waals surface area (Å²) in [5, 5.41) is 11.9. The molecule has 0 atom stereocenters. The highest BCUT2D eigenvalue weighted by molar-refractivity contribution is 7.11. The minimum absolute atomic E-state index is 0.702. The van der Waals surface area contributed by atoms with Crippen molar-refractivity contribution in [2.75, 3.05) is 13.6 Å². The largest absolute Gasteiger partial charge is 0.356 e. The van der Waals surface area contributed by atoms with Gasteiger partial charge in [0.1, 0.15) is 0 Å². The van der Waals surface area contributed by atoms with E-state index in [1.54, 1.807) is 24.6 Å². The molecule has 2 aromatic rings. The number of aryl methyl sites for hydroxylation is 2. The van der Waals surface area contributed by atoms with Gasteiger partial charge < -0.3 is 10.6 Å². The molecular weight excluding hydrogens is 284 g/mol. The molecule has 0 spiro atoms. The molecule has 0 bridgehead atoms. The van der Waals surface area contributed by atoms with E-state index in [9.17, 15) is 0 Å². The van der Waals surface area contributed by atoms with Crippen LogP contribution in [0.3, 0.4) is 0 Å². The standard InChI is InChI=1S/C14H22N6S/c1-4-12-10-17-13(21-12)6-7-16-14(15-2)18-9-11-5-8-19-20(11)3/h5,8,10H,4,6-7,9H2,1-3H3,(H2,15,16,18). The molecule has 0 saturated heterocycles. The summed E-state index contributed by atoms with van der Waals surface area (Å²) in [4.78, 5) is 9.97. The van der Waals surface area contributed by atoms with Gasteiger partial charge in [0.05, 0.1) is 17.2 Å². The van der Waals surface area contributed by atoms with Gasteiger partial charge in [-0.2, -0.15) is 5.10 Å². The van der Waals surface area contributed by atoms with Crippen LogP contribution in [0.4, 0.5) is 0 Å². The molecule has 0 aliphatic rings. The predicted molar refractivity (Wildman–Crippen MR) is 86.6 cm³/mol. The van der Waals surface area contributed by atoms with E-state index < -0.39 is 0 Å². The summed E-state index contributed by atoms with van der Waals surface area (Å²) in [6.45, 7) is 3.68. The summed E-state index contributed by atoms with van der Waals surface area (Å²) in [6, 6.07) is 1.99. The van der Waals surface area contributed by atoms with Gasteiger partial charge in [-0.3, -0.25) is 9.67 Å². The minimum atomic E-state index is 0.702. The first-order valence-corrected chi connectivity index (χ1v) is 7.89. The molecule has 2 rings (SSSR count). The lowest BCUT2D eigenvalue weighted by Gasteiger charge is -2.11. The maximum Gasteiger partial charge on any atom is 0.191 e. The van der Waals surface area contributed by atoms with Gasteiger partial charge in [0, 0.05) is 44.3 Å². The molecule has 2 aromatic heterocycles. The molecule has 0 aliphatic carbocycles. The minimum Gasteiger partial charge on any atom is -0.356 e. The van der Waals surface area contributed by atoms with Gasteiger partial charge in [-0.05, 0) is 12.5 Å². The number of nitrogens with zero attached hydrogens (tertiary/aromatic N) is 4. The van der Waals surface area contributed by atoms with E-state index in [4.69, 9.17) is 0 Å². The quantitative estimate of drug-likeness (QED) is 0.624. The Morgan fingerprint density at radius 1 is 1.43 bits per heavy atom. The molecule has 2 N–H and O–H groups in total. The molecule has 0 saturated carbocycles. The van der Waals surface area contributed by atoms with Gasteiger partial charge in [0.2, 0.25) is 0 Å².